The van der Waals surface area contributed by atoms with E-state index >= 15 is 0 Å². The average Bonchev–Trinajstić information content (AvgIpc) is 2.48. The van der Waals surface area contributed by atoms with E-state index in [2.05, 4.69) is 15.6 Å². The Labute approximate surface area is 119 Å². The number of hydrogen-bond acceptors (Lipinski definition) is 3. The van der Waals surface area contributed by atoms with E-state index in [4.69, 9.17) is 0 Å². The summed E-state index contributed by atoms with van der Waals surface area (Å²) in [7, 11) is 1.87. The first-order chi connectivity index (χ1) is 9.61. The number of nitrogens with zero attached hydrogens (tertiary/aromatic N) is 1. The van der Waals surface area contributed by atoms with Crippen LogP contribution >= 0.6 is 0 Å². The van der Waals surface area contributed by atoms with Gasteiger partial charge in [0.05, 0.1) is 11.7 Å². The van der Waals surface area contributed by atoms with E-state index in [9.17, 15) is 4.79 Å². The highest BCUT2D eigenvalue weighted by atomic mass is 16.1. The Hall–Kier alpha value is -2.36. The van der Waals surface area contributed by atoms with E-state index in [1.54, 1.807) is 6.20 Å². The van der Waals surface area contributed by atoms with Crippen molar-refractivity contribution in [3.63, 3.8) is 0 Å². The Balaban J connectivity index is 2.10. The number of aryl methyl sites for hydroxylation is 1. The van der Waals surface area contributed by atoms with Crippen LogP contribution in [0.1, 0.15) is 34.6 Å². The quantitative estimate of drug-likeness (QED) is 0.897. The lowest BCUT2D eigenvalue weighted by Gasteiger charge is -2.14. The van der Waals surface area contributed by atoms with Crippen molar-refractivity contribution in [3.05, 3.63) is 59.4 Å². The summed E-state index contributed by atoms with van der Waals surface area (Å²) >= 11 is 0. The number of benzene rings is 1. The van der Waals surface area contributed by atoms with E-state index in [0.29, 0.717) is 5.56 Å². The average molecular weight is 269 g/mol. The molecule has 4 heteroatoms. The number of pyridine rings is 1. The number of anilines is 1. The number of rotatable bonds is 4. The second-order valence-electron chi connectivity index (χ2n) is 4.73. The van der Waals surface area contributed by atoms with Gasteiger partial charge in [0.25, 0.3) is 5.91 Å². The van der Waals surface area contributed by atoms with Crippen LogP contribution < -0.4 is 10.6 Å². The van der Waals surface area contributed by atoms with Gasteiger partial charge in [-0.3, -0.25) is 9.78 Å². The van der Waals surface area contributed by atoms with Crippen molar-refractivity contribution in [2.75, 3.05) is 12.4 Å². The van der Waals surface area contributed by atoms with Crippen LogP contribution in [-0.2, 0) is 0 Å². The van der Waals surface area contributed by atoms with E-state index in [-0.39, 0.29) is 11.9 Å². The summed E-state index contributed by atoms with van der Waals surface area (Å²) in [5, 5.41) is 6.04. The molecule has 0 saturated carbocycles. The van der Waals surface area contributed by atoms with Crippen molar-refractivity contribution in [1.29, 1.82) is 0 Å². The molecule has 1 unspecified atom stereocenters. The maximum Gasteiger partial charge on any atom is 0.251 e. The molecule has 104 valence electrons. The standard InChI is InChI=1S/C16H19N3O/c1-11-10-13(7-8-14(11)17-3)16(20)19-12(2)15-6-4-5-9-18-15/h4-10,12,17H,1-3H3,(H,19,20). The highest BCUT2D eigenvalue weighted by molar-refractivity contribution is 5.95. The van der Waals surface area contributed by atoms with Gasteiger partial charge in [-0.2, -0.15) is 0 Å². The van der Waals surface area contributed by atoms with Crippen LogP contribution in [0, 0.1) is 6.92 Å². The largest absolute Gasteiger partial charge is 0.388 e. The van der Waals surface area contributed by atoms with E-state index < -0.39 is 0 Å². The molecule has 0 bridgehead atoms. The number of nitrogens with one attached hydrogen (secondary N) is 2. The van der Waals surface area contributed by atoms with Crippen LogP contribution in [0.25, 0.3) is 0 Å². The SMILES string of the molecule is CNc1ccc(C(=O)NC(C)c2ccccn2)cc1C. The highest BCUT2D eigenvalue weighted by Crippen LogP contribution is 2.16. The third-order valence-corrected chi connectivity index (χ3v) is 3.24. The molecule has 2 N–H and O–H groups in total. The Morgan fingerprint density at radius 3 is 2.65 bits per heavy atom. The van der Waals surface area contributed by atoms with Gasteiger partial charge in [0.1, 0.15) is 0 Å². The van der Waals surface area contributed by atoms with Crippen molar-refractivity contribution < 1.29 is 4.79 Å². The lowest BCUT2D eigenvalue weighted by Crippen LogP contribution is -2.27. The van der Waals surface area contributed by atoms with Crippen LogP contribution in [0.5, 0.6) is 0 Å². The maximum absolute atomic E-state index is 12.2. The minimum absolute atomic E-state index is 0.0890. The highest BCUT2D eigenvalue weighted by Gasteiger charge is 2.12. The molecule has 0 aliphatic heterocycles. The minimum atomic E-state index is -0.118. The summed E-state index contributed by atoms with van der Waals surface area (Å²) < 4.78 is 0. The van der Waals surface area contributed by atoms with Crippen molar-refractivity contribution in [3.8, 4) is 0 Å². The van der Waals surface area contributed by atoms with Gasteiger partial charge in [-0.15, -0.1) is 0 Å². The maximum atomic E-state index is 12.2. The van der Waals surface area contributed by atoms with Gasteiger partial charge in [-0.1, -0.05) is 6.07 Å². The molecule has 1 aromatic carbocycles. The second-order valence-corrected chi connectivity index (χ2v) is 4.73. The molecule has 4 nitrogen and oxygen atoms in total. The molecular weight excluding hydrogens is 250 g/mol. The zero-order valence-electron chi connectivity index (χ0n) is 12.0. The van der Waals surface area contributed by atoms with Crippen molar-refractivity contribution in [1.82, 2.24) is 10.3 Å². The first kappa shape index (κ1) is 14.1. The number of aromatic nitrogens is 1. The number of carbonyl (C=O) groups is 1. The first-order valence-corrected chi connectivity index (χ1v) is 6.62. The van der Waals surface area contributed by atoms with Crippen LogP contribution in [-0.4, -0.2) is 17.9 Å². The topological polar surface area (TPSA) is 54.0 Å². The van der Waals surface area contributed by atoms with Gasteiger partial charge in [-0.25, -0.2) is 0 Å². The molecule has 0 fully saturated rings. The molecule has 0 aliphatic carbocycles. The Morgan fingerprint density at radius 2 is 2.05 bits per heavy atom. The summed E-state index contributed by atoms with van der Waals surface area (Å²) in [6.45, 7) is 3.90. The second kappa shape index (κ2) is 6.19. The Kier molecular flexibility index (Phi) is 4.35. The molecule has 1 atom stereocenters. The fourth-order valence-electron chi connectivity index (χ4n) is 2.07. The summed E-state index contributed by atoms with van der Waals surface area (Å²) in [4.78, 5) is 16.5. The van der Waals surface area contributed by atoms with Crippen LogP contribution in [0.2, 0.25) is 0 Å². The summed E-state index contributed by atoms with van der Waals surface area (Å²) in [5.74, 6) is -0.0890. The molecular formula is C16H19N3O. The van der Waals surface area contributed by atoms with Crippen LogP contribution in [0.3, 0.4) is 0 Å². The predicted octanol–water partition coefficient (Wildman–Crippen LogP) is 2.92. The molecule has 1 heterocycles. The summed E-state index contributed by atoms with van der Waals surface area (Å²) in [5.41, 5.74) is 3.58. The van der Waals surface area contributed by atoms with Gasteiger partial charge < -0.3 is 10.6 Å². The van der Waals surface area contributed by atoms with E-state index in [1.165, 1.54) is 0 Å². The van der Waals surface area contributed by atoms with E-state index in [1.807, 2.05) is 57.3 Å². The van der Waals surface area contributed by atoms with Crippen molar-refractivity contribution >= 4 is 11.6 Å². The summed E-state index contributed by atoms with van der Waals surface area (Å²) in [6.07, 6.45) is 1.73. The van der Waals surface area contributed by atoms with Crippen molar-refractivity contribution in [2.45, 2.75) is 19.9 Å². The molecule has 0 saturated heterocycles. The monoisotopic (exact) mass is 269 g/mol. The molecule has 2 aromatic rings. The third-order valence-electron chi connectivity index (χ3n) is 3.24. The number of amides is 1. The smallest absolute Gasteiger partial charge is 0.251 e. The zero-order chi connectivity index (χ0) is 14.5. The molecule has 1 aromatic heterocycles. The minimum Gasteiger partial charge on any atom is -0.388 e. The molecule has 0 spiro atoms. The zero-order valence-corrected chi connectivity index (χ0v) is 12.0. The lowest BCUT2D eigenvalue weighted by molar-refractivity contribution is 0.0939. The normalized spacial score (nSPS) is 11.8. The Morgan fingerprint density at radius 1 is 1.25 bits per heavy atom. The van der Waals surface area contributed by atoms with Crippen LogP contribution in [0.15, 0.2) is 42.6 Å². The van der Waals surface area contributed by atoms with Gasteiger partial charge >= 0.3 is 0 Å². The number of carbonyl (C=O) groups excluding carboxylic acids is 1. The van der Waals surface area contributed by atoms with E-state index in [0.717, 1.165) is 16.9 Å². The fraction of sp³-hybridized carbons (Fsp3) is 0.250. The number of hydrogen-bond donors (Lipinski definition) is 2. The summed E-state index contributed by atoms with van der Waals surface area (Å²) in [6, 6.07) is 11.2. The first-order valence-electron chi connectivity index (χ1n) is 6.62. The predicted molar refractivity (Wildman–Crippen MR) is 80.8 cm³/mol. The molecule has 2 rings (SSSR count). The van der Waals surface area contributed by atoms with Gasteiger partial charge in [0, 0.05) is 24.5 Å². The van der Waals surface area contributed by atoms with Gasteiger partial charge in [-0.05, 0) is 49.7 Å². The van der Waals surface area contributed by atoms with Gasteiger partial charge in [0.2, 0.25) is 0 Å². The molecule has 0 aliphatic rings. The fourth-order valence-corrected chi connectivity index (χ4v) is 2.07. The molecule has 20 heavy (non-hydrogen) atoms. The Bertz CT molecular complexity index is 596. The van der Waals surface area contributed by atoms with Crippen LogP contribution in [0.4, 0.5) is 5.69 Å². The van der Waals surface area contributed by atoms with Crippen molar-refractivity contribution in [2.24, 2.45) is 0 Å². The third kappa shape index (κ3) is 3.15. The lowest BCUT2D eigenvalue weighted by atomic mass is 10.1. The molecule has 0 radical (unpaired) electrons. The molecule has 1 amide bonds. The van der Waals surface area contributed by atoms with Gasteiger partial charge in [0.15, 0.2) is 0 Å².